The summed E-state index contributed by atoms with van der Waals surface area (Å²) in [6.07, 6.45) is 0. The second-order valence-electron chi connectivity index (χ2n) is 8.30. The quantitative estimate of drug-likeness (QED) is 0.257. The van der Waals surface area contributed by atoms with E-state index in [-0.39, 0.29) is 0 Å². The Balaban J connectivity index is 1.94. The highest BCUT2D eigenvalue weighted by molar-refractivity contribution is 7.56. The monoisotopic (exact) mass is 476 g/mol. The van der Waals surface area contributed by atoms with Crippen molar-refractivity contribution in [2.75, 3.05) is 0 Å². The second kappa shape index (κ2) is 9.76. The normalized spacial score (nSPS) is 11.5. The first-order chi connectivity index (χ1) is 16.3. The summed E-state index contributed by atoms with van der Waals surface area (Å²) in [5.74, 6) is 0. The van der Waals surface area contributed by atoms with Gasteiger partial charge in [-0.25, -0.2) is 0 Å². The van der Waals surface area contributed by atoms with Gasteiger partial charge in [-0.1, -0.05) is 171 Å². The highest BCUT2D eigenvalue weighted by atomic mass is 35.5. The largest absolute Gasteiger partial charge is 0.146 e. The average Bonchev–Trinajstić information content (AvgIpc) is 2.90. The van der Waals surface area contributed by atoms with Crippen molar-refractivity contribution in [1.82, 2.24) is 0 Å². The lowest BCUT2D eigenvalue weighted by Crippen LogP contribution is -2.82. The van der Waals surface area contributed by atoms with Gasteiger partial charge >= 0.3 is 0 Å². The molecule has 0 atom stereocenters. The van der Waals surface area contributed by atoms with Gasteiger partial charge in [-0.05, 0) is 12.1 Å². The van der Waals surface area contributed by atoms with E-state index in [9.17, 15) is 0 Å². The van der Waals surface area contributed by atoms with E-state index in [4.69, 9.17) is 11.6 Å². The fraction of sp³-hybridized carbons (Fsp3) is 0. The summed E-state index contributed by atoms with van der Waals surface area (Å²) in [4.78, 5) is 0. The Bertz CT molecular complexity index is 1210. The maximum Gasteiger partial charge on any atom is 0.146 e. The lowest BCUT2D eigenvalue weighted by molar-refractivity contribution is 1.69. The third kappa shape index (κ3) is 4.13. The lowest BCUT2D eigenvalue weighted by atomic mass is 10.3. The van der Waals surface area contributed by atoms with Crippen LogP contribution in [0.3, 0.4) is 0 Å². The van der Waals surface area contributed by atoms with Crippen LogP contribution in [0.5, 0.6) is 0 Å². The minimum atomic E-state index is -2.48. The second-order valence-corrected chi connectivity index (χ2v) is 18.6. The number of halogens is 1. The van der Waals surface area contributed by atoms with Crippen LogP contribution in [0.4, 0.5) is 0 Å². The molecule has 0 saturated carbocycles. The van der Waals surface area contributed by atoms with Gasteiger partial charge in [0.15, 0.2) is 0 Å². The summed E-state index contributed by atoms with van der Waals surface area (Å²) in [6, 6.07) is 53.4. The van der Waals surface area contributed by atoms with E-state index < -0.39 is 15.9 Å². The van der Waals surface area contributed by atoms with E-state index in [0.29, 0.717) is 0 Å². The van der Waals surface area contributed by atoms with Crippen molar-refractivity contribution in [3.8, 4) is 0 Å². The highest BCUT2D eigenvalue weighted by Crippen LogP contribution is 2.15. The number of hydrogen-bond donors (Lipinski definition) is 0. The molecule has 0 fully saturated rings. The maximum absolute atomic E-state index is 6.39. The molecule has 0 amide bonds. The van der Waals surface area contributed by atoms with E-state index in [2.05, 4.69) is 146 Å². The van der Waals surface area contributed by atoms with Gasteiger partial charge < -0.3 is 0 Å². The first-order valence-corrected chi connectivity index (χ1v) is 16.6. The van der Waals surface area contributed by atoms with Crippen LogP contribution in [0.2, 0.25) is 5.02 Å². The maximum atomic E-state index is 6.39. The van der Waals surface area contributed by atoms with Crippen LogP contribution in [0, 0.1) is 0 Å². The Labute approximate surface area is 203 Å². The van der Waals surface area contributed by atoms with Gasteiger partial charge in [0.25, 0.3) is 0 Å². The van der Waals surface area contributed by atoms with Crippen LogP contribution in [-0.4, -0.2) is 15.9 Å². The molecule has 0 heterocycles. The molecule has 0 N–H and O–H groups in total. The van der Waals surface area contributed by atoms with E-state index in [1.54, 1.807) is 0 Å². The smallest absolute Gasteiger partial charge is 0.0843 e. The van der Waals surface area contributed by atoms with Crippen LogP contribution < -0.4 is 25.9 Å². The predicted octanol–water partition coefficient (Wildman–Crippen LogP) is 3.93. The van der Waals surface area contributed by atoms with Crippen molar-refractivity contribution in [3.63, 3.8) is 0 Å². The van der Waals surface area contributed by atoms with E-state index >= 15 is 0 Å². The van der Waals surface area contributed by atoms with Crippen LogP contribution in [-0.2, 0) is 0 Å². The molecular weight excluding hydrogens is 452 g/mol. The molecule has 0 aliphatic heterocycles. The van der Waals surface area contributed by atoms with Crippen LogP contribution in [0.25, 0.3) is 0 Å². The average molecular weight is 477 g/mol. The molecular formula is C30H25ClSi2. The van der Waals surface area contributed by atoms with Crippen molar-refractivity contribution < 1.29 is 0 Å². The molecule has 5 aromatic carbocycles. The zero-order valence-electron chi connectivity index (χ0n) is 18.3. The van der Waals surface area contributed by atoms with E-state index in [1.807, 2.05) is 0 Å². The molecule has 0 nitrogen and oxygen atoms in total. The summed E-state index contributed by atoms with van der Waals surface area (Å²) >= 11 is 6.39. The van der Waals surface area contributed by atoms with Crippen LogP contribution >= 0.6 is 11.6 Å². The SMILES string of the molecule is Clc1ccc([Si](c2ccccc2)(c2ccccc2)[SiH](c2ccccc2)c2ccccc2)cc1. The molecule has 0 aromatic heterocycles. The van der Waals surface area contributed by atoms with Gasteiger partial charge in [0.2, 0.25) is 0 Å². The number of hydrogen-bond acceptors (Lipinski definition) is 0. The topological polar surface area (TPSA) is 0 Å². The Morgan fingerprint density at radius 3 is 1.12 bits per heavy atom. The minimum Gasteiger partial charge on any atom is -0.0843 e. The molecule has 33 heavy (non-hydrogen) atoms. The number of benzene rings is 5. The van der Waals surface area contributed by atoms with Crippen molar-refractivity contribution in [2.45, 2.75) is 0 Å². The third-order valence-corrected chi connectivity index (χ3v) is 21.0. The summed E-state index contributed by atoms with van der Waals surface area (Å²) in [5.41, 5.74) is 0. The molecule has 0 aliphatic carbocycles. The molecule has 5 aromatic rings. The minimum absolute atomic E-state index is 0.778. The van der Waals surface area contributed by atoms with Gasteiger partial charge in [0, 0.05) is 5.02 Å². The highest BCUT2D eigenvalue weighted by Gasteiger charge is 2.48. The van der Waals surface area contributed by atoms with Gasteiger partial charge in [0.1, 0.15) is 15.9 Å². The van der Waals surface area contributed by atoms with E-state index in [0.717, 1.165) is 5.02 Å². The zero-order valence-corrected chi connectivity index (χ0v) is 21.2. The Morgan fingerprint density at radius 2 is 0.727 bits per heavy atom. The molecule has 0 unspecified atom stereocenters. The third-order valence-electron chi connectivity index (χ3n) is 6.46. The number of rotatable bonds is 6. The van der Waals surface area contributed by atoms with Gasteiger partial charge in [-0.3, -0.25) is 0 Å². The molecule has 160 valence electrons. The molecule has 5 rings (SSSR count). The van der Waals surface area contributed by atoms with Crippen molar-refractivity contribution in [3.05, 3.63) is 151 Å². The summed E-state index contributed by atoms with van der Waals surface area (Å²) in [5, 5.41) is 8.02. The Morgan fingerprint density at radius 1 is 0.394 bits per heavy atom. The molecule has 0 aliphatic rings. The molecule has 0 radical (unpaired) electrons. The van der Waals surface area contributed by atoms with Gasteiger partial charge in [0.05, 0.1) is 0 Å². The first-order valence-electron chi connectivity index (χ1n) is 11.3. The summed E-state index contributed by atoms with van der Waals surface area (Å²) in [7, 11) is -4.28. The van der Waals surface area contributed by atoms with E-state index in [1.165, 1.54) is 25.9 Å². The molecule has 0 bridgehead atoms. The zero-order chi connectivity index (χ0) is 22.5. The Hall–Kier alpha value is -3.18. The first kappa shape index (κ1) is 21.7. The Kier molecular flexibility index (Phi) is 6.40. The predicted molar refractivity (Wildman–Crippen MR) is 148 cm³/mol. The van der Waals surface area contributed by atoms with Crippen molar-refractivity contribution in [2.24, 2.45) is 0 Å². The summed E-state index contributed by atoms with van der Waals surface area (Å²) < 4.78 is 0. The molecule has 0 saturated heterocycles. The molecule has 0 spiro atoms. The fourth-order valence-electron chi connectivity index (χ4n) is 5.10. The van der Waals surface area contributed by atoms with Crippen molar-refractivity contribution >= 4 is 53.4 Å². The van der Waals surface area contributed by atoms with Gasteiger partial charge in [-0.2, -0.15) is 0 Å². The van der Waals surface area contributed by atoms with Crippen molar-refractivity contribution in [1.29, 1.82) is 0 Å². The fourth-order valence-corrected chi connectivity index (χ4v) is 20.8. The lowest BCUT2D eigenvalue weighted by Gasteiger charge is -2.40. The molecule has 3 heteroatoms. The van der Waals surface area contributed by atoms with Gasteiger partial charge in [-0.15, -0.1) is 0 Å². The van der Waals surface area contributed by atoms with Crippen LogP contribution in [0.15, 0.2) is 146 Å². The van der Waals surface area contributed by atoms with Crippen LogP contribution in [0.1, 0.15) is 0 Å². The summed E-state index contributed by atoms with van der Waals surface area (Å²) in [6.45, 7) is 0. The standard InChI is InChI=1S/C30H25ClSi2/c31-25-21-23-30(24-22-25)33(28-17-9-3-10-18-28,29-19-11-4-12-20-29)32(26-13-5-1-6-14-26)27-15-7-2-8-16-27/h1-24,32H.